The zero-order valence-corrected chi connectivity index (χ0v) is 15.4. The van der Waals surface area contributed by atoms with E-state index < -0.39 is 0 Å². The molecule has 0 radical (unpaired) electrons. The van der Waals surface area contributed by atoms with Gasteiger partial charge in [-0.2, -0.15) is 0 Å². The first-order valence-electron chi connectivity index (χ1n) is 9.48. The van der Waals surface area contributed by atoms with Crippen molar-refractivity contribution in [3.63, 3.8) is 0 Å². The van der Waals surface area contributed by atoms with Crippen LogP contribution in [0, 0.1) is 0 Å². The second-order valence-corrected chi connectivity index (χ2v) is 6.78. The van der Waals surface area contributed by atoms with E-state index in [1.54, 1.807) is 0 Å². The summed E-state index contributed by atoms with van der Waals surface area (Å²) in [6.45, 7) is 3.31. The molecule has 4 aromatic rings. The molecule has 140 valence electrons. The smallest absolute Gasteiger partial charge is 0.244 e. The lowest BCUT2D eigenvalue weighted by Gasteiger charge is -1.98. The van der Waals surface area contributed by atoms with Crippen LogP contribution in [0.25, 0.3) is 22.1 Å². The average molecular weight is 366 g/mol. The molecule has 4 rings (SSSR count). The Labute approximate surface area is 158 Å². The molecule has 2 N–H and O–H groups in total. The van der Waals surface area contributed by atoms with E-state index in [0.29, 0.717) is 13.1 Å². The van der Waals surface area contributed by atoms with Crippen LogP contribution in [-0.2, 0) is 26.2 Å². The first kappa shape index (κ1) is 17.7. The van der Waals surface area contributed by atoms with Crippen LogP contribution in [0.1, 0.15) is 6.42 Å². The average Bonchev–Trinajstić information content (AvgIpc) is 3.22. The van der Waals surface area contributed by atoms with Gasteiger partial charge in [-0.1, -0.05) is 24.3 Å². The summed E-state index contributed by atoms with van der Waals surface area (Å²) in [4.78, 5) is 0. The molecule has 0 aliphatic carbocycles. The Bertz CT molecular complexity index is 967. The lowest BCUT2D eigenvalue weighted by Crippen LogP contribution is -2.38. The summed E-state index contributed by atoms with van der Waals surface area (Å²) in [5.41, 5.74) is 4.69. The molecule has 0 saturated carbocycles. The highest BCUT2D eigenvalue weighted by atomic mass is 16.3. The molecule has 0 saturated heterocycles. The molecule has 2 heterocycles. The van der Waals surface area contributed by atoms with E-state index in [4.69, 9.17) is 0 Å². The molecule has 6 heteroatoms. The SMILES string of the molecule is OCCn1c[n+](CCC[n+]2cn(CCO)c3ccccc32)c2ccccc21. The number of aliphatic hydroxyl groups is 2. The van der Waals surface area contributed by atoms with Crippen LogP contribution in [0.4, 0.5) is 0 Å². The number of para-hydroxylation sites is 4. The Morgan fingerprint density at radius 1 is 0.667 bits per heavy atom. The van der Waals surface area contributed by atoms with E-state index in [-0.39, 0.29) is 13.2 Å². The van der Waals surface area contributed by atoms with Crippen LogP contribution in [-0.4, -0.2) is 32.6 Å². The van der Waals surface area contributed by atoms with Crippen LogP contribution in [0.15, 0.2) is 61.2 Å². The van der Waals surface area contributed by atoms with Gasteiger partial charge in [-0.25, -0.2) is 18.3 Å². The number of aryl methyl sites for hydroxylation is 2. The van der Waals surface area contributed by atoms with Gasteiger partial charge in [-0.15, -0.1) is 0 Å². The molecule has 0 amide bonds. The Kier molecular flexibility index (Phi) is 5.18. The fraction of sp³-hybridized carbons (Fsp3) is 0.333. The molecule has 0 atom stereocenters. The topological polar surface area (TPSA) is 58.1 Å². The second kappa shape index (κ2) is 7.90. The van der Waals surface area contributed by atoms with Gasteiger partial charge in [0.15, 0.2) is 22.1 Å². The number of aliphatic hydroxyl groups excluding tert-OH is 2. The molecule has 0 spiro atoms. The minimum Gasteiger partial charge on any atom is -0.392 e. The Morgan fingerprint density at radius 3 is 1.56 bits per heavy atom. The van der Waals surface area contributed by atoms with Crippen LogP contribution in [0.3, 0.4) is 0 Å². The standard InChI is InChI=1S/C21H26N4O2/c26-14-12-24-16-22(18-6-1-3-8-20(18)24)10-5-11-23-17-25(13-15-27)21-9-4-2-7-19(21)23/h1-4,6-9,16-17,26-27H,5,10-15H2/q+2. The van der Waals surface area contributed by atoms with E-state index in [0.717, 1.165) is 30.5 Å². The van der Waals surface area contributed by atoms with Crippen molar-refractivity contribution in [3.8, 4) is 0 Å². The second-order valence-electron chi connectivity index (χ2n) is 6.78. The van der Waals surface area contributed by atoms with Crippen molar-refractivity contribution in [2.24, 2.45) is 0 Å². The van der Waals surface area contributed by atoms with Gasteiger partial charge in [0.05, 0.1) is 26.3 Å². The molecule has 0 aliphatic heterocycles. The number of benzene rings is 2. The summed E-state index contributed by atoms with van der Waals surface area (Å²) >= 11 is 0. The summed E-state index contributed by atoms with van der Waals surface area (Å²) in [6, 6.07) is 16.6. The highest BCUT2D eigenvalue weighted by Crippen LogP contribution is 2.12. The van der Waals surface area contributed by atoms with Gasteiger partial charge in [0.25, 0.3) is 0 Å². The van der Waals surface area contributed by atoms with Gasteiger partial charge < -0.3 is 10.2 Å². The Hall–Kier alpha value is -2.70. The quantitative estimate of drug-likeness (QED) is 0.461. The monoisotopic (exact) mass is 366 g/mol. The van der Waals surface area contributed by atoms with Crippen molar-refractivity contribution < 1.29 is 19.3 Å². The normalized spacial score (nSPS) is 11.6. The van der Waals surface area contributed by atoms with Crippen molar-refractivity contribution in [1.82, 2.24) is 9.13 Å². The number of hydrogen-bond acceptors (Lipinski definition) is 2. The highest BCUT2D eigenvalue weighted by Gasteiger charge is 2.17. The number of aromatic nitrogens is 4. The van der Waals surface area contributed by atoms with Gasteiger partial charge in [0.2, 0.25) is 12.7 Å². The molecule has 0 fully saturated rings. The van der Waals surface area contributed by atoms with Gasteiger partial charge >= 0.3 is 0 Å². The van der Waals surface area contributed by atoms with Gasteiger partial charge in [-0.05, 0) is 24.3 Å². The van der Waals surface area contributed by atoms with Crippen LogP contribution < -0.4 is 9.13 Å². The first-order valence-corrected chi connectivity index (χ1v) is 9.48. The van der Waals surface area contributed by atoms with Gasteiger partial charge in [0, 0.05) is 6.42 Å². The minimum absolute atomic E-state index is 0.138. The number of fused-ring (bicyclic) bond motifs is 2. The maximum Gasteiger partial charge on any atom is 0.244 e. The van der Waals surface area contributed by atoms with Crippen molar-refractivity contribution >= 4 is 22.1 Å². The van der Waals surface area contributed by atoms with E-state index in [1.165, 1.54) is 11.0 Å². The predicted octanol–water partition coefficient (Wildman–Crippen LogP) is 1.25. The maximum atomic E-state index is 9.31. The van der Waals surface area contributed by atoms with Crippen LogP contribution in [0.5, 0.6) is 0 Å². The van der Waals surface area contributed by atoms with Crippen molar-refractivity contribution in [2.75, 3.05) is 13.2 Å². The largest absolute Gasteiger partial charge is 0.392 e. The van der Waals surface area contributed by atoms with E-state index in [1.807, 2.05) is 12.1 Å². The Morgan fingerprint density at radius 2 is 1.11 bits per heavy atom. The molecular formula is C21H26N4O2+2. The number of hydrogen-bond donors (Lipinski definition) is 2. The van der Waals surface area contributed by atoms with Crippen molar-refractivity contribution in [3.05, 3.63) is 61.2 Å². The maximum absolute atomic E-state index is 9.31. The zero-order chi connectivity index (χ0) is 18.6. The lowest BCUT2D eigenvalue weighted by atomic mass is 10.3. The summed E-state index contributed by atoms with van der Waals surface area (Å²) < 4.78 is 8.74. The highest BCUT2D eigenvalue weighted by molar-refractivity contribution is 5.72. The summed E-state index contributed by atoms with van der Waals surface area (Å²) in [6.07, 6.45) is 5.19. The Balaban J connectivity index is 1.54. The molecule has 2 aromatic heterocycles. The van der Waals surface area contributed by atoms with Crippen LogP contribution in [0.2, 0.25) is 0 Å². The van der Waals surface area contributed by atoms with Gasteiger partial charge in [-0.3, -0.25) is 0 Å². The molecular weight excluding hydrogens is 340 g/mol. The summed E-state index contributed by atoms with van der Waals surface area (Å²) in [5, 5.41) is 18.6. The third-order valence-electron chi connectivity index (χ3n) is 5.04. The third kappa shape index (κ3) is 3.46. The third-order valence-corrected chi connectivity index (χ3v) is 5.04. The summed E-state index contributed by atoms with van der Waals surface area (Å²) in [7, 11) is 0. The molecule has 2 aromatic carbocycles. The molecule has 0 bridgehead atoms. The van der Waals surface area contributed by atoms with E-state index >= 15 is 0 Å². The van der Waals surface area contributed by atoms with Gasteiger partial charge in [0.1, 0.15) is 13.1 Å². The molecule has 0 aliphatic rings. The molecule has 6 nitrogen and oxygen atoms in total. The van der Waals surface area contributed by atoms with Crippen molar-refractivity contribution in [2.45, 2.75) is 32.6 Å². The first-order chi connectivity index (χ1) is 13.3. The number of rotatable bonds is 8. The number of imidazole rings is 2. The lowest BCUT2D eigenvalue weighted by molar-refractivity contribution is -0.703. The number of nitrogens with zero attached hydrogens (tertiary/aromatic N) is 4. The fourth-order valence-corrected chi connectivity index (χ4v) is 3.82. The predicted molar refractivity (Wildman–Crippen MR) is 103 cm³/mol. The summed E-state index contributed by atoms with van der Waals surface area (Å²) in [5.74, 6) is 0. The van der Waals surface area contributed by atoms with E-state index in [2.05, 4.69) is 67.3 Å². The zero-order valence-electron chi connectivity index (χ0n) is 15.4. The molecule has 27 heavy (non-hydrogen) atoms. The van der Waals surface area contributed by atoms with Crippen molar-refractivity contribution in [1.29, 1.82) is 0 Å². The van der Waals surface area contributed by atoms with E-state index in [9.17, 15) is 10.2 Å². The minimum atomic E-state index is 0.138. The molecule has 0 unspecified atom stereocenters. The van der Waals surface area contributed by atoms with Crippen LogP contribution >= 0.6 is 0 Å². The fourth-order valence-electron chi connectivity index (χ4n) is 3.82.